The number of carbonyl (C=O) groups excluding carboxylic acids is 5. The van der Waals surface area contributed by atoms with E-state index in [9.17, 15) is 24.0 Å². The molecule has 0 saturated heterocycles. The minimum Gasteiger partial charge on any atom is -0.462 e. The van der Waals surface area contributed by atoms with Crippen LogP contribution < -0.4 is 21.3 Å². The van der Waals surface area contributed by atoms with Gasteiger partial charge in [-0.3, -0.25) is 9.59 Å². The Bertz CT molecular complexity index is 1380. The lowest BCUT2D eigenvalue weighted by Gasteiger charge is -2.23. The van der Waals surface area contributed by atoms with Crippen molar-refractivity contribution in [2.45, 2.75) is 63.8 Å². The van der Waals surface area contributed by atoms with Crippen molar-refractivity contribution in [2.75, 3.05) is 39.5 Å². The first-order valence-corrected chi connectivity index (χ1v) is 17.3. The topological polar surface area (TPSA) is 191 Å². The molecule has 3 atom stereocenters. The lowest BCUT2D eigenvalue weighted by atomic mass is 9.98. The highest BCUT2D eigenvalue weighted by Gasteiger charge is 2.26. The van der Waals surface area contributed by atoms with Gasteiger partial charge in [-0.2, -0.15) is 0 Å². The van der Waals surface area contributed by atoms with Crippen molar-refractivity contribution in [3.05, 3.63) is 97.1 Å². The number of allylic oxidation sites excluding steroid dienone is 1. The van der Waals surface area contributed by atoms with E-state index in [4.69, 9.17) is 24.1 Å². The van der Waals surface area contributed by atoms with Gasteiger partial charge in [-0.15, -0.1) is 13.2 Å². The summed E-state index contributed by atoms with van der Waals surface area (Å²) in [6.45, 7) is 8.06. The van der Waals surface area contributed by atoms with Gasteiger partial charge in [-0.1, -0.05) is 72.8 Å². The zero-order valence-electron chi connectivity index (χ0n) is 29.6. The molecule has 0 aliphatic rings. The number of amides is 4. The molecule has 0 saturated carbocycles. The van der Waals surface area contributed by atoms with E-state index in [1.807, 2.05) is 48.5 Å². The predicted molar refractivity (Wildman–Crippen MR) is 194 cm³/mol. The van der Waals surface area contributed by atoms with Gasteiger partial charge in [0.05, 0.1) is 31.8 Å². The van der Waals surface area contributed by atoms with Crippen molar-refractivity contribution in [3.8, 4) is 0 Å². The molecule has 14 nitrogen and oxygen atoms in total. The van der Waals surface area contributed by atoms with Gasteiger partial charge in [-0.25, -0.2) is 14.4 Å². The number of unbranched alkanes of at least 4 members (excludes halogenated alkanes) is 1. The number of esters is 1. The second kappa shape index (κ2) is 26.6. The van der Waals surface area contributed by atoms with Crippen LogP contribution in [0.1, 0.15) is 49.7 Å². The quantitative estimate of drug-likeness (QED) is 0.0414. The second-order valence-electron chi connectivity index (χ2n) is 11.7. The molecule has 52 heavy (non-hydrogen) atoms. The van der Waals surface area contributed by atoms with Gasteiger partial charge in [0.15, 0.2) is 0 Å². The smallest absolute Gasteiger partial charge is 0.408 e. The van der Waals surface area contributed by atoms with Gasteiger partial charge in [-0.05, 0) is 43.2 Å². The van der Waals surface area contributed by atoms with Crippen LogP contribution in [0.4, 0.5) is 9.59 Å². The normalized spacial score (nSPS) is 12.2. The monoisotopic (exact) mass is 724 g/mol. The number of alkyl carbamates (subject to hydrolysis) is 2. The van der Waals surface area contributed by atoms with E-state index < -0.39 is 42.1 Å². The van der Waals surface area contributed by atoms with Crippen molar-refractivity contribution < 1.29 is 48.0 Å². The highest BCUT2D eigenvalue weighted by atomic mass is 16.6. The maximum absolute atomic E-state index is 13.4. The summed E-state index contributed by atoms with van der Waals surface area (Å²) < 4.78 is 21.2. The van der Waals surface area contributed by atoms with Crippen LogP contribution in [0.15, 0.2) is 86.0 Å². The predicted octanol–water partition coefficient (Wildman–Crippen LogP) is 3.69. The van der Waals surface area contributed by atoms with Crippen LogP contribution in [0.3, 0.4) is 0 Å². The fourth-order valence-electron chi connectivity index (χ4n) is 4.78. The molecule has 2 rings (SSSR count). The summed E-state index contributed by atoms with van der Waals surface area (Å²) in [5.74, 6) is -2.28. The van der Waals surface area contributed by atoms with Crippen LogP contribution >= 0.6 is 0 Å². The number of nitrogens with one attached hydrogen (secondary N) is 4. The molecule has 0 bridgehead atoms. The van der Waals surface area contributed by atoms with Crippen molar-refractivity contribution in [3.63, 3.8) is 0 Å². The number of rotatable bonds is 26. The first-order chi connectivity index (χ1) is 25.2. The van der Waals surface area contributed by atoms with E-state index in [-0.39, 0.29) is 71.4 Å². The number of aliphatic hydroxyl groups is 1. The molecule has 0 aliphatic carbocycles. The summed E-state index contributed by atoms with van der Waals surface area (Å²) in [5.41, 5.74) is 1.64. The first-order valence-electron chi connectivity index (χ1n) is 17.3. The molecule has 284 valence electrons. The molecule has 2 aromatic rings. The van der Waals surface area contributed by atoms with E-state index >= 15 is 0 Å². The Morgan fingerprint density at radius 2 is 1.37 bits per heavy atom. The molecule has 0 spiro atoms. The van der Waals surface area contributed by atoms with E-state index in [1.165, 1.54) is 6.08 Å². The fraction of sp³-hybridized carbons (Fsp3) is 0.447. The third-order valence-corrected chi connectivity index (χ3v) is 7.48. The van der Waals surface area contributed by atoms with Gasteiger partial charge in [0.2, 0.25) is 11.8 Å². The Morgan fingerprint density at radius 1 is 0.731 bits per heavy atom. The summed E-state index contributed by atoms with van der Waals surface area (Å²) >= 11 is 0. The first kappa shape index (κ1) is 43.0. The van der Waals surface area contributed by atoms with E-state index in [0.29, 0.717) is 25.8 Å². The summed E-state index contributed by atoms with van der Waals surface area (Å²) in [4.78, 5) is 63.6. The molecule has 0 unspecified atom stereocenters. The molecular formula is C38H52N4O10. The van der Waals surface area contributed by atoms with Crippen LogP contribution in [-0.4, -0.2) is 86.7 Å². The van der Waals surface area contributed by atoms with Crippen LogP contribution in [-0.2, 0) is 46.5 Å². The zero-order chi connectivity index (χ0) is 37.8. The molecule has 0 aromatic heterocycles. The lowest BCUT2D eigenvalue weighted by Crippen LogP contribution is -2.46. The summed E-state index contributed by atoms with van der Waals surface area (Å²) in [6, 6.07) is 16.6. The van der Waals surface area contributed by atoms with E-state index in [0.717, 1.165) is 11.1 Å². The Hall–Kier alpha value is -5.21. The standard InChI is InChI=1S/C38H52N4O10/c1-3-13-31(25-34(44)39-21-23-49-24-22-43)35(45)41-32(19-11-12-20-40-37(47)51-26-29-15-7-5-8-16-29)28-50-36(46)33(14-4-2)42-38(48)52-27-30-17-9-6-10-18-30/h3-10,15-18,31-33,43H,1-2,11-14,19-28H2,(H,39,44)(H,40,47)(H,41,45)(H,42,48)/t31-,32+,33-/m1/s1. The van der Waals surface area contributed by atoms with E-state index in [2.05, 4.69) is 34.4 Å². The number of carbonyl (C=O) groups is 5. The zero-order valence-corrected chi connectivity index (χ0v) is 29.6. The average molecular weight is 725 g/mol. The molecule has 0 fully saturated rings. The molecular weight excluding hydrogens is 672 g/mol. The highest BCUT2D eigenvalue weighted by molar-refractivity contribution is 5.86. The van der Waals surface area contributed by atoms with Gasteiger partial charge in [0.25, 0.3) is 0 Å². The summed E-state index contributed by atoms with van der Waals surface area (Å²) in [7, 11) is 0. The van der Waals surface area contributed by atoms with Crippen molar-refractivity contribution in [1.29, 1.82) is 0 Å². The Balaban J connectivity index is 1.97. The van der Waals surface area contributed by atoms with Crippen molar-refractivity contribution in [2.24, 2.45) is 5.92 Å². The van der Waals surface area contributed by atoms with Gasteiger partial charge < -0.3 is 45.3 Å². The van der Waals surface area contributed by atoms with E-state index in [1.54, 1.807) is 18.2 Å². The lowest BCUT2D eigenvalue weighted by molar-refractivity contribution is -0.147. The summed E-state index contributed by atoms with van der Waals surface area (Å²) in [5, 5.41) is 19.6. The molecule has 0 radical (unpaired) electrons. The third kappa shape index (κ3) is 19.3. The van der Waals surface area contributed by atoms with Gasteiger partial charge in [0, 0.05) is 19.5 Å². The van der Waals surface area contributed by atoms with Crippen LogP contribution in [0.5, 0.6) is 0 Å². The van der Waals surface area contributed by atoms with Crippen LogP contribution in [0.25, 0.3) is 0 Å². The fourth-order valence-corrected chi connectivity index (χ4v) is 4.78. The van der Waals surface area contributed by atoms with Gasteiger partial charge >= 0.3 is 18.2 Å². The second-order valence-corrected chi connectivity index (χ2v) is 11.7. The number of ether oxygens (including phenoxy) is 4. The molecule has 0 aliphatic heterocycles. The number of benzene rings is 2. The minimum atomic E-state index is -1.08. The van der Waals surface area contributed by atoms with Crippen LogP contribution in [0.2, 0.25) is 0 Å². The molecule has 5 N–H and O–H groups in total. The number of hydrogen-bond acceptors (Lipinski definition) is 10. The maximum atomic E-state index is 13.4. The Kier molecular flexibility index (Phi) is 22.0. The Morgan fingerprint density at radius 3 is 1.98 bits per heavy atom. The number of aliphatic hydroxyl groups excluding tert-OH is 1. The van der Waals surface area contributed by atoms with Gasteiger partial charge in [0.1, 0.15) is 25.9 Å². The molecule has 4 amide bonds. The Labute approximate surface area is 305 Å². The molecule has 0 heterocycles. The third-order valence-electron chi connectivity index (χ3n) is 7.48. The average Bonchev–Trinajstić information content (AvgIpc) is 3.15. The van der Waals surface area contributed by atoms with Crippen LogP contribution in [0, 0.1) is 5.92 Å². The summed E-state index contributed by atoms with van der Waals surface area (Å²) in [6.07, 6.45) is 3.25. The maximum Gasteiger partial charge on any atom is 0.408 e. The minimum absolute atomic E-state index is 0.0115. The highest BCUT2D eigenvalue weighted by Crippen LogP contribution is 2.13. The number of hydrogen-bond donors (Lipinski definition) is 5. The van der Waals surface area contributed by atoms with Crippen molar-refractivity contribution in [1.82, 2.24) is 21.3 Å². The SMILES string of the molecule is C=CC[C@H](CC(=O)NCCOCCO)C(=O)N[C@@H](CCCCNC(=O)OCc1ccccc1)COC(=O)[C@@H](CC=C)NC(=O)OCc1ccccc1. The van der Waals surface area contributed by atoms with Crippen molar-refractivity contribution >= 4 is 30.0 Å². The molecule has 14 heteroatoms. The molecule has 2 aromatic carbocycles. The largest absolute Gasteiger partial charge is 0.462 e.